The van der Waals surface area contributed by atoms with Gasteiger partial charge in [0.25, 0.3) is 0 Å². The molecule has 1 atom stereocenters. The van der Waals surface area contributed by atoms with Crippen LogP contribution in [0.4, 0.5) is 0 Å². The minimum Gasteiger partial charge on any atom is -0.342 e. The van der Waals surface area contributed by atoms with E-state index in [4.69, 9.17) is 5.26 Å². The van der Waals surface area contributed by atoms with E-state index in [9.17, 15) is 4.79 Å². The summed E-state index contributed by atoms with van der Waals surface area (Å²) in [4.78, 5) is 10.9. The van der Waals surface area contributed by atoms with Crippen LogP contribution in [-0.2, 0) is 4.79 Å². The molecule has 0 saturated carbocycles. The van der Waals surface area contributed by atoms with Gasteiger partial charge >= 0.3 is 0 Å². The van der Waals surface area contributed by atoms with Gasteiger partial charge in [0.2, 0.25) is 5.91 Å². The predicted molar refractivity (Wildman–Crippen MR) is 46.4 cm³/mol. The molecule has 0 aliphatic heterocycles. The molecule has 4 heteroatoms. The first-order valence-corrected chi connectivity index (χ1v) is 4.07. The predicted octanol–water partition coefficient (Wildman–Crippen LogP) is 0.0143. The average Bonchev–Trinajstić information content (AvgIpc) is 2.10. The van der Waals surface area contributed by atoms with Gasteiger partial charge in [0.1, 0.15) is 6.54 Å². The molecule has 0 fully saturated rings. The topological polar surface area (TPSA) is 64.9 Å². The average molecular weight is 169 g/mol. The van der Waals surface area contributed by atoms with Gasteiger partial charge in [-0.05, 0) is 13.3 Å². The Morgan fingerprint density at radius 1 is 1.67 bits per heavy atom. The van der Waals surface area contributed by atoms with Crippen molar-refractivity contribution in [2.45, 2.75) is 26.3 Å². The van der Waals surface area contributed by atoms with Crippen molar-refractivity contribution < 1.29 is 4.79 Å². The van der Waals surface area contributed by atoms with Crippen molar-refractivity contribution in [2.75, 3.05) is 13.1 Å². The molecule has 68 valence electrons. The third-order valence-corrected chi connectivity index (χ3v) is 1.59. The molecule has 0 heterocycles. The Kier molecular flexibility index (Phi) is 6.02. The summed E-state index contributed by atoms with van der Waals surface area (Å²) >= 11 is 0. The number of carbonyl (C=O) groups is 1. The highest BCUT2D eigenvalue weighted by Crippen LogP contribution is 1.85. The van der Waals surface area contributed by atoms with E-state index >= 15 is 0 Å². The highest BCUT2D eigenvalue weighted by molar-refractivity contribution is 5.78. The third kappa shape index (κ3) is 5.69. The second kappa shape index (κ2) is 6.62. The first kappa shape index (κ1) is 10.9. The lowest BCUT2D eigenvalue weighted by molar-refractivity contribution is -0.120. The second-order valence-electron chi connectivity index (χ2n) is 2.63. The molecule has 0 spiro atoms. The largest absolute Gasteiger partial charge is 0.342 e. The Labute approximate surface area is 72.9 Å². The standard InChI is InChI=1S/C8H15N3O/c1-3-7(2)11-6-8(12)10-5-4-9/h7,11H,3,5-6H2,1-2H3,(H,10,12). The number of hydrogen-bond donors (Lipinski definition) is 2. The van der Waals surface area contributed by atoms with Gasteiger partial charge in [0.15, 0.2) is 0 Å². The summed E-state index contributed by atoms with van der Waals surface area (Å²) in [5, 5.41) is 13.6. The maximum atomic E-state index is 10.9. The molecule has 4 nitrogen and oxygen atoms in total. The zero-order valence-electron chi connectivity index (χ0n) is 7.55. The lowest BCUT2D eigenvalue weighted by Gasteiger charge is -2.09. The van der Waals surface area contributed by atoms with Crippen LogP contribution in [0.1, 0.15) is 20.3 Å². The molecular weight excluding hydrogens is 154 g/mol. The van der Waals surface area contributed by atoms with Crippen LogP contribution in [0.3, 0.4) is 0 Å². The highest BCUT2D eigenvalue weighted by atomic mass is 16.1. The van der Waals surface area contributed by atoms with Crippen LogP contribution < -0.4 is 10.6 Å². The number of nitriles is 1. The molecule has 0 rings (SSSR count). The van der Waals surface area contributed by atoms with Crippen molar-refractivity contribution in [3.05, 3.63) is 0 Å². The fourth-order valence-corrected chi connectivity index (χ4v) is 0.612. The second-order valence-corrected chi connectivity index (χ2v) is 2.63. The van der Waals surface area contributed by atoms with Gasteiger partial charge < -0.3 is 10.6 Å². The molecule has 0 aromatic rings. The van der Waals surface area contributed by atoms with E-state index in [1.165, 1.54) is 0 Å². The normalized spacial score (nSPS) is 11.8. The van der Waals surface area contributed by atoms with Crippen molar-refractivity contribution in [3.8, 4) is 6.07 Å². The van der Waals surface area contributed by atoms with E-state index in [1.54, 1.807) is 0 Å². The molecule has 12 heavy (non-hydrogen) atoms. The summed E-state index contributed by atoms with van der Waals surface area (Å²) in [7, 11) is 0. The Balaban J connectivity index is 3.38. The van der Waals surface area contributed by atoms with E-state index < -0.39 is 0 Å². The third-order valence-electron chi connectivity index (χ3n) is 1.59. The van der Waals surface area contributed by atoms with Crippen LogP contribution in [0.2, 0.25) is 0 Å². The Morgan fingerprint density at radius 2 is 2.33 bits per heavy atom. The van der Waals surface area contributed by atoms with Gasteiger partial charge in [0.05, 0.1) is 12.6 Å². The summed E-state index contributed by atoms with van der Waals surface area (Å²) in [6.07, 6.45) is 0.992. The number of nitrogens with zero attached hydrogens (tertiary/aromatic N) is 1. The molecule has 1 unspecified atom stereocenters. The minimum atomic E-state index is -0.128. The van der Waals surface area contributed by atoms with Gasteiger partial charge in [-0.1, -0.05) is 6.92 Å². The van der Waals surface area contributed by atoms with Gasteiger partial charge in [0, 0.05) is 6.04 Å². The number of carbonyl (C=O) groups excluding carboxylic acids is 1. The SMILES string of the molecule is CCC(C)NCC(=O)NCC#N. The zero-order valence-corrected chi connectivity index (χ0v) is 7.55. The Morgan fingerprint density at radius 3 is 2.83 bits per heavy atom. The number of rotatable bonds is 5. The number of nitrogens with one attached hydrogen (secondary N) is 2. The molecule has 0 aliphatic carbocycles. The summed E-state index contributed by atoms with van der Waals surface area (Å²) < 4.78 is 0. The molecule has 0 radical (unpaired) electrons. The lowest BCUT2D eigenvalue weighted by atomic mass is 10.2. The minimum absolute atomic E-state index is 0.0843. The molecule has 1 amide bonds. The van der Waals surface area contributed by atoms with Crippen molar-refractivity contribution in [1.29, 1.82) is 5.26 Å². The molecule has 0 aliphatic rings. The van der Waals surface area contributed by atoms with E-state index in [0.29, 0.717) is 6.04 Å². The first-order valence-electron chi connectivity index (χ1n) is 4.07. The number of amides is 1. The van der Waals surface area contributed by atoms with E-state index in [-0.39, 0.29) is 19.0 Å². The lowest BCUT2D eigenvalue weighted by Crippen LogP contribution is -2.37. The molecule has 0 saturated heterocycles. The van der Waals surface area contributed by atoms with E-state index in [1.807, 2.05) is 19.9 Å². The fourth-order valence-electron chi connectivity index (χ4n) is 0.612. The number of hydrogen-bond acceptors (Lipinski definition) is 3. The van der Waals surface area contributed by atoms with E-state index in [2.05, 4.69) is 10.6 Å². The molecule has 0 aromatic heterocycles. The maximum absolute atomic E-state index is 10.9. The van der Waals surface area contributed by atoms with Crippen LogP contribution >= 0.6 is 0 Å². The van der Waals surface area contributed by atoms with Crippen molar-refractivity contribution in [2.24, 2.45) is 0 Å². The van der Waals surface area contributed by atoms with E-state index in [0.717, 1.165) is 6.42 Å². The van der Waals surface area contributed by atoms with Gasteiger partial charge in [-0.15, -0.1) is 0 Å². The quantitative estimate of drug-likeness (QED) is 0.570. The Hall–Kier alpha value is -1.08. The van der Waals surface area contributed by atoms with Crippen LogP contribution in [-0.4, -0.2) is 25.0 Å². The van der Waals surface area contributed by atoms with Crippen LogP contribution in [0.25, 0.3) is 0 Å². The zero-order chi connectivity index (χ0) is 9.40. The monoisotopic (exact) mass is 169 g/mol. The summed E-state index contributed by atoms with van der Waals surface area (Å²) in [5.74, 6) is -0.128. The maximum Gasteiger partial charge on any atom is 0.234 e. The van der Waals surface area contributed by atoms with Crippen molar-refractivity contribution in [3.63, 3.8) is 0 Å². The summed E-state index contributed by atoms with van der Waals surface area (Å²) in [6.45, 7) is 4.43. The summed E-state index contributed by atoms with van der Waals surface area (Å²) in [5.41, 5.74) is 0. The van der Waals surface area contributed by atoms with Gasteiger partial charge in [-0.3, -0.25) is 4.79 Å². The van der Waals surface area contributed by atoms with Gasteiger partial charge in [-0.2, -0.15) is 5.26 Å². The molecule has 2 N–H and O–H groups in total. The van der Waals surface area contributed by atoms with Crippen LogP contribution in [0, 0.1) is 11.3 Å². The van der Waals surface area contributed by atoms with Crippen molar-refractivity contribution >= 4 is 5.91 Å². The molecule has 0 aromatic carbocycles. The highest BCUT2D eigenvalue weighted by Gasteiger charge is 2.01. The fraction of sp³-hybridized carbons (Fsp3) is 0.750. The Bertz CT molecular complexity index is 174. The smallest absolute Gasteiger partial charge is 0.234 e. The molecule has 0 bridgehead atoms. The summed E-state index contributed by atoms with van der Waals surface area (Å²) in [6, 6.07) is 2.19. The molecular formula is C8H15N3O. The first-order chi connectivity index (χ1) is 5.70. The van der Waals surface area contributed by atoms with Gasteiger partial charge in [-0.25, -0.2) is 0 Å². The van der Waals surface area contributed by atoms with Crippen LogP contribution in [0.15, 0.2) is 0 Å². The van der Waals surface area contributed by atoms with Crippen LogP contribution in [0.5, 0.6) is 0 Å². The van der Waals surface area contributed by atoms with Crippen molar-refractivity contribution in [1.82, 2.24) is 10.6 Å².